The molecule has 1 aromatic carbocycles. The minimum atomic E-state index is -0.0476. The Morgan fingerprint density at radius 3 is 2.78 bits per heavy atom. The predicted octanol–water partition coefficient (Wildman–Crippen LogP) is 3.32. The van der Waals surface area contributed by atoms with Crippen molar-refractivity contribution in [3.05, 3.63) is 40.6 Å². The second-order valence-electron chi connectivity index (χ2n) is 3.73. The van der Waals surface area contributed by atoms with E-state index in [1.54, 1.807) is 25.1 Å². The monoisotopic (exact) mass is 279 g/mol. The van der Waals surface area contributed by atoms with Crippen LogP contribution in [0.5, 0.6) is 5.75 Å². The highest BCUT2D eigenvalue weighted by molar-refractivity contribution is 7.80. The number of carbonyl (C=O) groups excluding carboxylic acids is 1. The third-order valence-corrected chi connectivity index (χ3v) is 3.89. The van der Waals surface area contributed by atoms with Crippen molar-refractivity contribution in [1.29, 1.82) is 0 Å². The smallest absolute Gasteiger partial charge is 0.268 e. The molecule has 0 bridgehead atoms. The Morgan fingerprint density at radius 2 is 2.17 bits per heavy atom. The van der Waals surface area contributed by atoms with E-state index in [4.69, 9.17) is 4.74 Å². The predicted molar refractivity (Wildman–Crippen MR) is 77.3 cm³/mol. The number of thiophene rings is 1. The number of methoxy groups -OCH3 is 1. The molecule has 1 heterocycles. The number of ether oxygens (including phenoxy) is 1. The van der Waals surface area contributed by atoms with Crippen LogP contribution < -0.4 is 9.64 Å². The normalized spacial score (nSPS) is 10.2. The molecule has 0 saturated carbocycles. The maximum Gasteiger partial charge on any atom is 0.268 e. The van der Waals surface area contributed by atoms with Gasteiger partial charge in [-0.05, 0) is 18.2 Å². The van der Waals surface area contributed by atoms with Crippen LogP contribution in [-0.4, -0.2) is 20.1 Å². The molecule has 0 atom stereocenters. The summed E-state index contributed by atoms with van der Waals surface area (Å²) in [6.45, 7) is 0. The minimum Gasteiger partial charge on any atom is -0.497 e. The summed E-state index contributed by atoms with van der Waals surface area (Å²) < 4.78 is 5.15. The highest BCUT2D eigenvalue weighted by atomic mass is 32.1. The Labute approximate surface area is 115 Å². The fourth-order valence-electron chi connectivity index (χ4n) is 1.54. The van der Waals surface area contributed by atoms with Gasteiger partial charge in [0.25, 0.3) is 5.91 Å². The number of rotatable bonds is 3. The summed E-state index contributed by atoms with van der Waals surface area (Å²) >= 11 is 5.60. The summed E-state index contributed by atoms with van der Waals surface area (Å²) in [5.74, 6) is 0.682. The van der Waals surface area contributed by atoms with Gasteiger partial charge in [0.2, 0.25) is 0 Å². The average molecular weight is 279 g/mol. The number of carbonyl (C=O) groups is 1. The topological polar surface area (TPSA) is 29.5 Å². The lowest BCUT2D eigenvalue weighted by Gasteiger charge is -2.17. The van der Waals surface area contributed by atoms with Crippen LogP contribution >= 0.6 is 24.0 Å². The summed E-state index contributed by atoms with van der Waals surface area (Å²) in [5, 5.41) is 1.84. The maximum atomic E-state index is 12.2. The van der Waals surface area contributed by atoms with Crippen LogP contribution in [0.25, 0.3) is 0 Å². The average Bonchev–Trinajstić information content (AvgIpc) is 2.83. The van der Waals surface area contributed by atoms with Crippen molar-refractivity contribution < 1.29 is 9.53 Å². The molecular formula is C13H13NO2S2. The second-order valence-corrected chi connectivity index (χ2v) is 5.16. The van der Waals surface area contributed by atoms with Crippen LogP contribution in [0.2, 0.25) is 0 Å². The van der Waals surface area contributed by atoms with Crippen molar-refractivity contribution in [2.75, 3.05) is 19.1 Å². The standard InChI is InChI=1S/C13H13NO2S2/c1-14(9-4-3-5-10(6-9)16-2)13(15)12-7-11(17)8-18-12/h3-8,17H,1-2H3. The second kappa shape index (κ2) is 5.46. The number of amides is 1. The zero-order valence-electron chi connectivity index (χ0n) is 10.1. The van der Waals surface area contributed by atoms with Gasteiger partial charge in [-0.2, -0.15) is 0 Å². The third-order valence-electron chi connectivity index (χ3n) is 2.54. The van der Waals surface area contributed by atoms with E-state index in [9.17, 15) is 4.79 Å². The molecule has 0 aliphatic carbocycles. The maximum absolute atomic E-state index is 12.2. The van der Waals surface area contributed by atoms with Gasteiger partial charge in [0, 0.05) is 29.1 Å². The highest BCUT2D eigenvalue weighted by Crippen LogP contribution is 2.24. The van der Waals surface area contributed by atoms with Crippen LogP contribution in [-0.2, 0) is 0 Å². The lowest BCUT2D eigenvalue weighted by Crippen LogP contribution is -2.25. The molecule has 1 amide bonds. The van der Waals surface area contributed by atoms with E-state index in [-0.39, 0.29) is 5.91 Å². The fraction of sp³-hybridized carbons (Fsp3) is 0.154. The lowest BCUT2D eigenvalue weighted by molar-refractivity contribution is 0.0996. The first kappa shape index (κ1) is 13.0. The first-order valence-corrected chi connectivity index (χ1v) is 6.64. The van der Waals surface area contributed by atoms with E-state index in [0.29, 0.717) is 4.88 Å². The van der Waals surface area contributed by atoms with Gasteiger partial charge in [-0.25, -0.2) is 0 Å². The van der Waals surface area contributed by atoms with Gasteiger partial charge in [-0.3, -0.25) is 4.79 Å². The molecule has 0 spiro atoms. The van der Waals surface area contributed by atoms with Crippen LogP contribution in [0.4, 0.5) is 5.69 Å². The molecule has 0 aliphatic heterocycles. The molecule has 0 fully saturated rings. The van der Waals surface area contributed by atoms with E-state index < -0.39 is 0 Å². The third kappa shape index (κ3) is 2.68. The van der Waals surface area contributed by atoms with Gasteiger partial charge < -0.3 is 9.64 Å². The SMILES string of the molecule is COc1cccc(N(C)C(=O)c2cc(S)cs2)c1. The molecule has 0 unspecified atom stereocenters. The number of anilines is 1. The molecule has 3 nitrogen and oxygen atoms in total. The van der Waals surface area contributed by atoms with Crippen LogP contribution in [0.15, 0.2) is 40.6 Å². The number of hydrogen-bond acceptors (Lipinski definition) is 4. The Bertz CT molecular complexity index is 566. The minimum absolute atomic E-state index is 0.0476. The molecular weight excluding hydrogens is 266 g/mol. The summed E-state index contributed by atoms with van der Waals surface area (Å²) in [6, 6.07) is 9.17. The number of hydrogen-bond donors (Lipinski definition) is 1. The van der Waals surface area contributed by atoms with E-state index in [1.165, 1.54) is 11.3 Å². The van der Waals surface area contributed by atoms with Gasteiger partial charge in [-0.15, -0.1) is 24.0 Å². The lowest BCUT2D eigenvalue weighted by atomic mass is 10.2. The molecule has 0 radical (unpaired) electrons. The van der Waals surface area contributed by atoms with Crippen molar-refractivity contribution in [1.82, 2.24) is 0 Å². The van der Waals surface area contributed by atoms with Crippen LogP contribution in [0, 0.1) is 0 Å². The zero-order valence-corrected chi connectivity index (χ0v) is 11.8. The van der Waals surface area contributed by atoms with Crippen molar-refractivity contribution in [2.24, 2.45) is 0 Å². The number of thiol groups is 1. The van der Waals surface area contributed by atoms with Crippen LogP contribution in [0.3, 0.4) is 0 Å². The molecule has 5 heteroatoms. The molecule has 18 heavy (non-hydrogen) atoms. The molecule has 0 aliphatic rings. The zero-order chi connectivity index (χ0) is 13.1. The number of benzene rings is 1. The fourth-order valence-corrected chi connectivity index (χ4v) is 2.66. The summed E-state index contributed by atoms with van der Waals surface area (Å²) in [4.78, 5) is 15.3. The Morgan fingerprint density at radius 1 is 1.39 bits per heavy atom. The molecule has 1 aromatic heterocycles. The quantitative estimate of drug-likeness (QED) is 0.873. The number of nitrogens with zero attached hydrogens (tertiary/aromatic N) is 1. The Kier molecular flexibility index (Phi) is 3.93. The Hall–Kier alpha value is -1.46. The molecule has 0 saturated heterocycles. The van der Waals surface area contributed by atoms with E-state index in [2.05, 4.69) is 12.6 Å². The van der Waals surface area contributed by atoms with Gasteiger partial charge in [0.05, 0.1) is 12.0 Å². The van der Waals surface area contributed by atoms with Crippen molar-refractivity contribution in [3.8, 4) is 5.75 Å². The first-order valence-electron chi connectivity index (χ1n) is 5.31. The van der Waals surface area contributed by atoms with E-state index in [0.717, 1.165) is 16.3 Å². The molecule has 2 rings (SSSR count). The van der Waals surface area contributed by atoms with Crippen LogP contribution in [0.1, 0.15) is 9.67 Å². The largest absolute Gasteiger partial charge is 0.497 e. The van der Waals surface area contributed by atoms with E-state index >= 15 is 0 Å². The molecule has 0 N–H and O–H groups in total. The highest BCUT2D eigenvalue weighted by Gasteiger charge is 2.15. The van der Waals surface area contributed by atoms with Gasteiger partial charge in [0.15, 0.2) is 0 Å². The first-order chi connectivity index (χ1) is 8.61. The van der Waals surface area contributed by atoms with Gasteiger partial charge in [0.1, 0.15) is 5.75 Å². The summed E-state index contributed by atoms with van der Waals surface area (Å²) in [6.07, 6.45) is 0. The summed E-state index contributed by atoms with van der Waals surface area (Å²) in [5.41, 5.74) is 0.800. The van der Waals surface area contributed by atoms with Crippen molar-refractivity contribution in [3.63, 3.8) is 0 Å². The Balaban J connectivity index is 2.25. The van der Waals surface area contributed by atoms with Gasteiger partial charge in [-0.1, -0.05) is 6.07 Å². The van der Waals surface area contributed by atoms with Gasteiger partial charge >= 0.3 is 0 Å². The molecule has 2 aromatic rings. The van der Waals surface area contributed by atoms with E-state index in [1.807, 2.05) is 29.6 Å². The molecule has 94 valence electrons. The van der Waals surface area contributed by atoms with Crippen molar-refractivity contribution in [2.45, 2.75) is 4.90 Å². The summed E-state index contributed by atoms with van der Waals surface area (Å²) in [7, 11) is 3.35. The van der Waals surface area contributed by atoms with Crippen molar-refractivity contribution >= 4 is 35.6 Å².